The van der Waals surface area contributed by atoms with E-state index in [9.17, 15) is 8.42 Å². The number of hydrogen-bond donors (Lipinski definition) is 1. The Kier molecular flexibility index (Phi) is 10.9. The molecular formula is C36H38Cl2FN5O3S. The minimum Gasteiger partial charge on any atom is -0.379 e. The fraction of sp³-hybridized carbons (Fsp3) is 0.361. The van der Waals surface area contributed by atoms with Crippen LogP contribution in [0.15, 0.2) is 60.7 Å². The van der Waals surface area contributed by atoms with Crippen LogP contribution in [0.2, 0.25) is 10.0 Å². The molecule has 12 heteroatoms. The van der Waals surface area contributed by atoms with Gasteiger partial charge in [-0.1, -0.05) is 59.3 Å². The van der Waals surface area contributed by atoms with Crippen LogP contribution < -0.4 is 5.73 Å². The average molecular weight is 711 g/mol. The number of benzene rings is 3. The fourth-order valence-corrected chi connectivity index (χ4v) is 7.31. The number of nitrogens with two attached hydrogens (primary N) is 1. The highest BCUT2D eigenvalue weighted by Crippen LogP contribution is 2.33. The molecule has 1 saturated heterocycles. The lowest BCUT2D eigenvalue weighted by atomic mass is 9.98. The summed E-state index contributed by atoms with van der Waals surface area (Å²) >= 11 is 12.6. The number of nitrogens with zero attached hydrogens (tertiary/aromatic N) is 4. The van der Waals surface area contributed by atoms with Crippen molar-refractivity contribution in [1.29, 1.82) is 0 Å². The van der Waals surface area contributed by atoms with E-state index in [1.54, 1.807) is 30.3 Å². The second-order valence-electron chi connectivity index (χ2n) is 12.3. The summed E-state index contributed by atoms with van der Waals surface area (Å²) in [5.41, 5.74) is 12.2. The molecule has 1 atom stereocenters. The van der Waals surface area contributed by atoms with E-state index in [-0.39, 0.29) is 6.54 Å². The molecule has 252 valence electrons. The molecule has 2 aliphatic heterocycles. The van der Waals surface area contributed by atoms with Crippen LogP contribution in [-0.4, -0.2) is 73.1 Å². The molecule has 1 unspecified atom stereocenters. The Labute approximate surface area is 291 Å². The van der Waals surface area contributed by atoms with Gasteiger partial charge in [-0.15, -0.1) is 0 Å². The predicted molar refractivity (Wildman–Crippen MR) is 188 cm³/mol. The van der Waals surface area contributed by atoms with Crippen molar-refractivity contribution in [2.24, 2.45) is 5.73 Å². The summed E-state index contributed by atoms with van der Waals surface area (Å²) in [7, 11) is -3.38. The highest BCUT2D eigenvalue weighted by atomic mass is 35.5. The number of aromatic nitrogens is 2. The van der Waals surface area contributed by atoms with Crippen LogP contribution in [-0.2, 0) is 40.7 Å². The maximum absolute atomic E-state index is 15.2. The Balaban J connectivity index is 1.24. The molecule has 0 bridgehead atoms. The third kappa shape index (κ3) is 8.29. The first-order valence-corrected chi connectivity index (χ1v) is 18.6. The Morgan fingerprint density at radius 1 is 1.00 bits per heavy atom. The van der Waals surface area contributed by atoms with Gasteiger partial charge in [-0.2, -0.15) is 9.40 Å². The van der Waals surface area contributed by atoms with E-state index in [2.05, 4.69) is 16.7 Å². The third-order valence-electron chi connectivity index (χ3n) is 8.87. The van der Waals surface area contributed by atoms with Crippen molar-refractivity contribution in [3.63, 3.8) is 0 Å². The molecule has 2 aliphatic rings. The summed E-state index contributed by atoms with van der Waals surface area (Å²) in [6, 6.07) is 17.1. The number of ether oxygens (including phenoxy) is 1. The molecule has 8 nitrogen and oxygen atoms in total. The first-order chi connectivity index (χ1) is 23.0. The molecule has 0 spiro atoms. The van der Waals surface area contributed by atoms with Gasteiger partial charge >= 0.3 is 0 Å². The number of sulfonamides is 1. The molecule has 2 N–H and O–H groups in total. The van der Waals surface area contributed by atoms with Crippen molar-refractivity contribution in [2.45, 2.75) is 38.4 Å². The van der Waals surface area contributed by atoms with Gasteiger partial charge < -0.3 is 10.5 Å². The Bertz CT molecular complexity index is 1950. The predicted octanol–water partition coefficient (Wildman–Crippen LogP) is 5.68. The molecule has 0 saturated carbocycles. The van der Waals surface area contributed by atoms with Gasteiger partial charge in [0.2, 0.25) is 10.0 Å². The molecule has 4 aromatic rings. The van der Waals surface area contributed by atoms with Gasteiger partial charge in [0, 0.05) is 90.3 Å². The molecule has 1 fully saturated rings. The SMILES string of the molecule is CS(=O)(=O)N1CCc2c(c(-c3ccc(Cl)c(C#Cc4ccc(C(N)Cc5ccc(Cl)cc5)c(F)c4)c3)nn2CCCN2CCOCC2)C1. The molecule has 3 aromatic carbocycles. The van der Waals surface area contributed by atoms with Gasteiger partial charge in [-0.3, -0.25) is 9.58 Å². The molecule has 0 amide bonds. The topological polar surface area (TPSA) is 93.7 Å². The molecule has 48 heavy (non-hydrogen) atoms. The summed E-state index contributed by atoms with van der Waals surface area (Å²) in [5.74, 6) is 5.72. The van der Waals surface area contributed by atoms with Crippen molar-refractivity contribution < 1.29 is 17.5 Å². The molecule has 3 heterocycles. The lowest BCUT2D eigenvalue weighted by molar-refractivity contribution is 0.0368. The summed E-state index contributed by atoms with van der Waals surface area (Å²) in [6.45, 7) is 5.70. The summed E-state index contributed by atoms with van der Waals surface area (Å²) in [6.07, 6.45) is 3.21. The third-order valence-corrected chi connectivity index (χ3v) is 10.7. The minimum absolute atomic E-state index is 0.252. The van der Waals surface area contributed by atoms with Gasteiger partial charge in [0.25, 0.3) is 0 Å². The quantitative estimate of drug-likeness (QED) is 0.225. The second-order valence-corrected chi connectivity index (χ2v) is 15.1. The van der Waals surface area contributed by atoms with Crippen LogP contribution in [0.1, 0.15) is 46.0 Å². The first-order valence-electron chi connectivity index (χ1n) is 16.0. The average Bonchev–Trinajstić information content (AvgIpc) is 3.43. The number of morpholine rings is 1. The van der Waals surface area contributed by atoms with Gasteiger partial charge in [-0.05, 0) is 54.8 Å². The van der Waals surface area contributed by atoms with Crippen molar-refractivity contribution >= 4 is 33.2 Å². The summed E-state index contributed by atoms with van der Waals surface area (Å²) in [4.78, 5) is 2.39. The van der Waals surface area contributed by atoms with Gasteiger partial charge in [0.05, 0.1) is 30.2 Å². The molecule has 1 aromatic heterocycles. The van der Waals surface area contributed by atoms with E-state index in [0.717, 1.165) is 73.9 Å². The smallest absolute Gasteiger partial charge is 0.211 e. The van der Waals surface area contributed by atoms with E-state index in [4.69, 9.17) is 38.8 Å². The largest absolute Gasteiger partial charge is 0.379 e. The van der Waals surface area contributed by atoms with Crippen molar-refractivity contribution in [1.82, 2.24) is 19.0 Å². The summed E-state index contributed by atoms with van der Waals surface area (Å²) < 4.78 is 49.2. The standard InChI is InChI=1S/C36H38Cl2FN5O3S/c1-48(45,46)43-16-13-35-31(24-43)36(41-44(35)15-2-14-42-17-19-47-20-18-42)28-8-12-32(38)27(23-28)7-3-25-6-11-30(33(39)21-25)34(40)22-26-4-9-29(37)10-5-26/h4-6,8-12,21,23,34H,2,13-20,22,24,40H2,1H3. The lowest BCUT2D eigenvalue weighted by Gasteiger charge is -2.27. The zero-order chi connectivity index (χ0) is 33.8. The van der Waals surface area contributed by atoms with Crippen LogP contribution in [0.4, 0.5) is 4.39 Å². The van der Waals surface area contributed by atoms with E-state index < -0.39 is 21.9 Å². The minimum atomic E-state index is -3.38. The van der Waals surface area contributed by atoms with E-state index in [1.165, 1.54) is 16.6 Å². The maximum atomic E-state index is 15.2. The van der Waals surface area contributed by atoms with Crippen molar-refractivity contribution in [3.05, 3.63) is 110 Å². The number of hydrogen-bond acceptors (Lipinski definition) is 6. The highest BCUT2D eigenvalue weighted by molar-refractivity contribution is 7.88. The molecular weight excluding hydrogens is 672 g/mol. The first kappa shape index (κ1) is 34.6. The second kappa shape index (κ2) is 15.1. The normalized spacial score (nSPS) is 16.3. The van der Waals surface area contributed by atoms with E-state index >= 15 is 4.39 Å². The zero-order valence-corrected chi connectivity index (χ0v) is 29.1. The number of fused-ring (bicyclic) bond motifs is 1. The van der Waals surface area contributed by atoms with Crippen molar-refractivity contribution in [3.8, 4) is 23.1 Å². The van der Waals surface area contributed by atoms with Crippen LogP contribution in [0.3, 0.4) is 0 Å². The van der Waals surface area contributed by atoms with Gasteiger partial charge in [0.15, 0.2) is 0 Å². The van der Waals surface area contributed by atoms with Crippen LogP contribution in [0.25, 0.3) is 11.3 Å². The van der Waals surface area contributed by atoms with Crippen LogP contribution in [0.5, 0.6) is 0 Å². The Morgan fingerprint density at radius 3 is 2.50 bits per heavy atom. The molecule has 0 radical (unpaired) electrons. The number of rotatable bonds is 9. The van der Waals surface area contributed by atoms with Gasteiger partial charge in [-0.25, -0.2) is 12.8 Å². The Hall–Kier alpha value is -3.27. The van der Waals surface area contributed by atoms with E-state index in [0.29, 0.717) is 46.1 Å². The Morgan fingerprint density at radius 2 is 1.77 bits per heavy atom. The lowest BCUT2D eigenvalue weighted by Crippen LogP contribution is -2.37. The highest BCUT2D eigenvalue weighted by Gasteiger charge is 2.30. The van der Waals surface area contributed by atoms with Crippen molar-refractivity contribution in [2.75, 3.05) is 45.6 Å². The fourth-order valence-electron chi connectivity index (χ4n) is 6.23. The number of aryl methyl sites for hydroxylation is 1. The van der Waals surface area contributed by atoms with Crippen LogP contribution in [0, 0.1) is 17.7 Å². The maximum Gasteiger partial charge on any atom is 0.211 e. The number of halogens is 3. The molecule has 0 aliphatic carbocycles. The zero-order valence-electron chi connectivity index (χ0n) is 26.8. The van der Waals surface area contributed by atoms with E-state index in [1.807, 2.05) is 28.9 Å². The van der Waals surface area contributed by atoms with Crippen LogP contribution >= 0.6 is 23.2 Å². The monoisotopic (exact) mass is 709 g/mol. The van der Waals surface area contributed by atoms with Gasteiger partial charge in [0.1, 0.15) is 5.82 Å². The summed E-state index contributed by atoms with van der Waals surface area (Å²) in [5, 5.41) is 6.10. The molecule has 6 rings (SSSR count).